The first kappa shape index (κ1) is 11.2. The third-order valence-corrected chi connectivity index (χ3v) is 2.89. The van der Waals surface area contributed by atoms with E-state index in [1.807, 2.05) is 13.8 Å². The minimum absolute atomic E-state index is 0.105. The molecule has 0 amide bonds. The Kier molecular flexibility index (Phi) is 3.22. The Bertz CT molecular complexity index is 275. The molecule has 1 aliphatic rings. The van der Waals surface area contributed by atoms with Gasteiger partial charge in [0.1, 0.15) is 0 Å². The predicted molar refractivity (Wildman–Crippen MR) is 51.0 cm³/mol. The molecule has 1 fully saturated rings. The highest BCUT2D eigenvalue weighted by atomic mass is 35.7. The molecule has 0 radical (unpaired) electrons. The smallest absolute Gasteiger partial charge is 0.297 e. The molecule has 1 N–H and O–H groups in total. The Labute approximate surface area is 83.2 Å². The van der Waals surface area contributed by atoms with E-state index in [1.165, 1.54) is 0 Å². The molecular weight excluding hydrogens is 214 g/mol. The molecule has 1 rings (SSSR count). The molecule has 0 spiro atoms. The van der Waals surface area contributed by atoms with Crippen molar-refractivity contribution in [3.8, 4) is 0 Å². The van der Waals surface area contributed by atoms with Gasteiger partial charge in [0.2, 0.25) is 0 Å². The van der Waals surface area contributed by atoms with Crippen molar-refractivity contribution in [2.45, 2.75) is 38.3 Å². The first-order valence-electron chi connectivity index (χ1n) is 4.14. The van der Waals surface area contributed by atoms with E-state index in [9.17, 15) is 8.42 Å². The van der Waals surface area contributed by atoms with Crippen molar-refractivity contribution >= 4 is 19.9 Å². The molecular formula is C7H14ClNO3S. The van der Waals surface area contributed by atoms with Gasteiger partial charge in [0.15, 0.2) is 0 Å². The van der Waals surface area contributed by atoms with Gasteiger partial charge in [-0.2, -0.15) is 13.1 Å². The molecule has 0 aromatic rings. The third-order valence-electron chi connectivity index (χ3n) is 2.00. The minimum atomic E-state index is -3.61. The lowest BCUT2D eigenvalue weighted by molar-refractivity contribution is -0.0598. The van der Waals surface area contributed by atoms with Gasteiger partial charge in [-0.1, -0.05) is 0 Å². The lowest BCUT2D eigenvalue weighted by Gasteiger charge is -2.35. The first-order valence-corrected chi connectivity index (χ1v) is 6.45. The fourth-order valence-corrected chi connectivity index (χ4v) is 2.51. The van der Waals surface area contributed by atoms with Crippen molar-refractivity contribution in [1.82, 2.24) is 4.72 Å². The van der Waals surface area contributed by atoms with Crippen LogP contribution in [0.25, 0.3) is 0 Å². The van der Waals surface area contributed by atoms with E-state index in [1.54, 1.807) is 0 Å². The maximum Gasteiger partial charge on any atom is 0.297 e. The summed E-state index contributed by atoms with van der Waals surface area (Å²) in [5.41, 5.74) is -0.266. The molecule has 0 aliphatic carbocycles. The summed E-state index contributed by atoms with van der Waals surface area (Å²) in [7, 11) is 1.47. The molecule has 1 saturated heterocycles. The van der Waals surface area contributed by atoms with Crippen LogP contribution in [-0.2, 0) is 14.0 Å². The van der Waals surface area contributed by atoms with Gasteiger partial charge < -0.3 is 4.74 Å². The minimum Gasteiger partial charge on any atom is -0.375 e. The van der Waals surface area contributed by atoms with E-state index in [0.29, 0.717) is 19.4 Å². The molecule has 1 heterocycles. The van der Waals surface area contributed by atoms with Gasteiger partial charge in [0.05, 0.1) is 5.60 Å². The van der Waals surface area contributed by atoms with Crippen molar-refractivity contribution in [3.05, 3.63) is 0 Å². The van der Waals surface area contributed by atoms with Crippen LogP contribution in [0.3, 0.4) is 0 Å². The number of halogens is 1. The highest BCUT2D eigenvalue weighted by Crippen LogP contribution is 2.24. The van der Waals surface area contributed by atoms with E-state index in [2.05, 4.69) is 4.72 Å². The standard InChI is InChI=1S/C7H14ClNO3S/c1-7(2)5-6(3-4-12-7)9-13(8,10)11/h6,9H,3-5H2,1-2H3. The topological polar surface area (TPSA) is 55.4 Å². The Balaban J connectivity index is 2.53. The number of rotatable bonds is 2. The number of ether oxygens (including phenoxy) is 1. The van der Waals surface area contributed by atoms with E-state index < -0.39 is 9.24 Å². The highest BCUT2D eigenvalue weighted by molar-refractivity contribution is 8.12. The van der Waals surface area contributed by atoms with Gasteiger partial charge in [0.25, 0.3) is 9.24 Å². The highest BCUT2D eigenvalue weighted by Gasteiger charge is 2.30. The molecule has 4 nitrogen and oxygen atoms in total. The van der Waals surface area contributed by atoms with Crippen molar-refractivity contribution in [3.63, 3.8) is 0 Å². The average Bonchev–Trinajstić information content (AvgIpc) is 1.79. The van der Waals surface area contributed by atoms with Crippen LogP contribution in [0.15, 0.2) is 0 Å². The molecule has 1 aliphatic heterocycles. The number of hydrogen-bond acceptors (Lipinski definition) is 3. The van der Waals surface area contributed by atoms with Gasteiger partial charge in [-0.3, -0.25) is 0 Å². The molecule has 6 heteroatoms. The second-order valence-corrected chi connectivity index (χ2v) is 6.18. The molecule has 1 unspecified atom stereocenters. The second kappa shape index (κ2) is 3.73. The molecule has 0 aromatic carbocycles. The fraction of sp³-hybridized carbons (Fsp3) is 1.00. The summed E-state index contributed by atoms with van der Waals surface area (Å²) in [5, 5.41) is 0. The monoisotopic (exact) mass is 227 g/mol. The van der Waals surface area contributed by atoms with Crippen molar-refractivity contribution in [1.29, 1.82) is 0 Å². The summed E-state index contributed by atoms with van der Waals surface area (Å²) in [6.45, 7) is 4.43. The lowest BCUT2D eigenvalue weighted by atomic mass is 9.95. The summed E-state index contributed by atoms with van der Waals surface area (Å²) >= 11 is 0. The number of hydrogen-bond donors (Lipinski definition) is 1. The summed E-state index contributed by atoms with van der Waals surface area (Å²) in [5.74, 6) is 0. The average molecular weight is 228 g/mol. The Morgan fingerprint density at radius 3 is 2.62 bits per heavy atom. The zero-order valence-corrected chi connectivity index (χ0v) is 9.28. The summed E-state index contributed by atoms with van der Waals surface area (Å²) in [4.78, 5) is 0. The van der Waals surface area contributed by atoms with Crippen molar-refractivity contribution in [2.75, 3.05) is 6.61 Å². The molecule has 1 atom stereocenters. The molecule has 13 heavy (non-hydrogen) atoms. The maximum absolute atomic E-state index is 10.7. The van der Waals surface area contributed by atoms with Crippen LogP contribution < -0.4 is 4.72 Å². The molecule has 0 bridgehead atoms. The van der Waals surface area contributed by atoms with Gasteiger partial charge in [-0.15, -0.1) is 0 Å². The Morgan fingerprint density at radius 2 is 2.15 bits per heavy atom. The zero-order valence-electron chi connectivity index (χ0n) is 7.71. The summed E-state index contributed by atoms with van der Waals surface area (Å²) in [6, 6.07) is -0.105. The second-order valence-electron chi connectivity index (χ2n) is 3.85. The fourth-order valence-electron chi connectivity index (χ4n) is 1.53. The van der Waals surface area contributed by atoms with Gasteiger partial charge in [-0.05, 0) is 26.7 Å². The predicted octanol–water partition coefficient (Wildman–Crippen LogP) is 1.02. The van der Waals surface area contributed by atoms with Crippen LogP contribution in [0.5, 0.6) is 0 Å². The van der Waals surface area contributed by atoms with E-state index in [-0.39, 0.29) is 11.6 Å². The Morgan fingerprint density at radius 1 is 1.54 bits per heavy atom. The molecule has 78 valence electrons. The SMILES string of the molecule is CC1(C)CC(NS(=O)(=O)Cl)CCO1. The van der Waals surface area contributed by atoms with Crippen LogP contribution in [0.2, 0.25) is 0 Å². The number of nitrogens with one attached hydrogen (secondary N) is 1. The quantitative estimate of drug-likeness (QED) is 0.717. The lowest BCUT2D eigenvalue weighted by Crippen LogP contribution is -2.44. The van der Waals surface area contributed by atoms with Crippen molar-refractivity contribution < 1.29 is 13.2 Å². The van der Waals surface area contributed by atoms with Crippen molar-refractivity contribution in [2.24, 2.45) is 0 Å². The van der Waals surface area contributed by atoms with Gasteiger partial charge >= 0.3 is 0 Å². The van der Waals surface area contributed by atoms with E-state index in [0.717, 1.165) is 0 Å². The first-order chi connectivity index (χ1) is 5.79. The van der Waals surface area contributed by atoms with Gasteiger partial charge in [0, 0.05) is 23.3 Å². The zero-order chi connectivity index (χ0) is 10.1. The van der Waals surface area contributed by atoms with Crippen LogP contribution in [-0.4, -0.2) is 26.7 Å². The maximum atomic E-state index is 10.7. The summed E-state index contributed by atoms with van der Waals surface area (Å²) < 4.78 is 29.3. The third kappa shape index (κ3) is 4.26. The van der Waals surface area contributed by atoms with Crippen LogP contribution in [0.1, 0.15) is 26.7 Å². The van der Waals surface area contributed by atoms with Crippen LogP contribution in [0, 0.1) is 0 Å². The largest absolute Gasteiger partial charge is 0.375 e. The molecule has 0 saturated carbocycles. The normalized spacial score (nSPS) is 28.7. The summed E-state index contributed by atoms with van der Waals surface area (Å²) in [6.07, 6.45) is 1.33. The van der Waals surface area contributed by atoms with Crippen LogP contribution in [0.4, 0.5) is 0 Å². The van der Waals surface area contributed by atoms with E-state index in [4.69, 9.17) is 15.4 Å². The van der Waals surface area contributed by atoms with Crippen LogP contribution >= 0.6 is 10.7 Å². The molecule has 0 aromatic heterocycles. The van der Waals surface area contributed by atoms with E-state index >= 15 is 0 Å². The Hall–Kier alpha value is 0.160. The van der Waals surface area contributed by atoms with Gasteiger partial charge in [-0.25, -0.2) is 0 Å².